The van der Waals surface area contributed by atoms with Crippen LogP contribution in [0, 0.1) is 11.8 Å². The van der Waals surface area contributed by atoms with Gasteiger partial charge in [0.2, 0.25) is 0 Å². The molecule has 100 valence electrons. The summed E-state index contributed by atoms with van der Waals surface area (Å²) in [5.41, 5.74) is 0.945. The standard InChI is InChI=1S/C11H18N4O2S/c1-7-4-15(5-8(7)11(16)17-3)6-9-10(12-2)18-14-13-9/h7-8,12H,4-6H2,1-3H3. The van der Waals surface area contributed by atoms with E-state index < -0.39 is 0 Å². The zero-order chi connectivity index (χ0) is 13.1. The number of hydrogen-bond donors (Lipinski definition) is 1. The third-order valence-electron chi connectivity index (χ3n) is 3.35. The third-order valence-corrected chi connectivity index (χ3v) is 4.13. The largest absolute Gasteiger partial charge is 0.469 e. The quantitative estimate of drug-likeness (QED) is 0.817. The lowest BCUT2D eigenvalue weighted by atomic mass is 9.99. The van der Waals surface area contributed by atoms with Crippen LogP contribution in [0.1, 0.15) is 12.6 Å². The first-order chi connectivity index (χ1) is 8.65. The number of aromatic nitrogens is 2. The number of rotatable bonds is 4. The van der Waals surface area contributed by atoms with Gasteiger partial charge in [-0.3, -0.25) is 9.69 Å². The second kappa shape index (κ2) is 5.62. The number of methoxy groups -OCH3 is 1. The first-order valence-corrected chi connectivity index (χ1v) is 6.72. The molecule has 1 fully saturated rings. The molecule has 0 aliphatic carbocycles. The molecular weight excluding hydrogens is 252 g/mol. The molecule has 0 radical (unpaired) electrons. The number of hydrogen-bond acceptors (Lipinski definition) is 7. The minimum Gasteiger partial charge on any atom is -0.469 e. The predicted octanol–water partition coefficient (Wildman–Crippen LogP) is 0.821. The van der Waals surface area contributed by atoms with Gasteiger partial charge in [0.15, 0.2) is 0 Å². The van der Waals surface area contributed by atoms with E-state index in [0.29, 0.717) is 5.92 Å². The fourth-order valence-electron chi connectivity index (χ4n) is 2.37. The van der Waals surface area contributed by atoms with Crippen LogP contribution in [-0.2, 0) is 16.1 Å². The number of esters is 1. The summed E-state index contributed by atoms with van der Waals surface area (Å²) in [7, 11) is 3.31. The number of anilines is 1. The van der Waals surface area contributed by atoms with Crippen molar-refractivity contribution in [2.75, 3.05) is 32.6 Å². The van der Waals surface area contributed by atoms with Gasteiger partial charge in [0, 0.05) is 38.2 Å². The minimum atomic E-state index is -0.116. The van der Waals surface area contributed by atoms with Crippen LogP contribution in [-0.4, -0.2) is 47.7 Å². The summed E-state index contributed by atoms with van der Waals surface area (Å²) in [5, 5.41) is 8.18. The molecule has 1 aromatic rings. The molecule has 1 saturated heterocycles. The molecular formula is C11H18N4O2S. The Morgan fingerprint density at radius 1 is 1.61 bits per heavy atom. The van der Waals surface area contributed by atoms with Crippen LogP contribution in [0.25, 0.3) is 0 Å². The molecule has 0 saturated carbocycles. The average molecular weight is 270 g/mol. The van der Waals surface area contributed by atoms with Crippen LogP contribution >= 0.6 is 11.5 Å². The summed E-state index contributed by atoms with van der Waals surface area (Å²) in [6.45, 7) is 4.43. The van der Waals surface area contributed by atoms with Crippen molar-refractivity contribution in [3.63, 3.8) is 0 Å². The Morgan fingerprint density at radius 3 is 3.06 bits per heavy atom. The molecule has 2 unspecified atom stereocenters. The molecule has 18 heavy (non-hydrogen) atoms. The summed E-state index contributed by atoms with van der Waals surface area (Å²) in [6, 6.07) is 0. The normalized spacial score (nSPS) is 24.2. The van der Waals surface area contributed by atoms with Crippen molar-refractivity contribution in [2.45, 2.75) is 13.5 Å². The summed E-state index contributed by atoms with van der Waals surface area (Å²) < 4.78 is 8.76. The van der Waals surface area contributed by atoms with Crippen LogP contribution in [0.4, 0.5) is 5.00 Å². The summed E-state index contributed by atoms with van der Waals surface area (Å²) >= 11 is 1.35. The number of ether oxygens (including phenoxy) is 1. The first kappa shape index (κ1) is 13.2. The molecule has 0 aromatic carbocycles. The number of carbonyl (C=O) groups excluding carboxylic acids is 1. The molecule has 7 heteroatoms. The zero-order valence-electron chi connectivity index (χ0n) is 10.8. The first-order valence-electron chi connectivity index (χ1n) is 5.94. The van der Waals surface area contributed by atoms with Gasteiger partial charge in [0.1, 0.15) is 10.7 Å². The Labute approximate surface area is 110 Å². The van der Waals surface area contributed by atoms with Gasteiger partial charge in [-0.1, -0.05) is 11.4 Å². The Morgan fingerprint density at radius 2 is 2.39 bits per heavy atom. The van der Waals surface area contributed by atoms with E-state index in [4.69, 9.17) is 4.74 Å². The van der Waals surface area contributed by atoms with E-state index in [9.17, 15) is 4.79 Å². The molecule has 1 aromatic heterocycles. The second-order valence-electron chi connectivity index (χ2n) is 4.60. The van der Waals surface area contributed by atoms with Gasteiger partial charge in [-0.25, -0.2) is 0 Å². The molecule has 1 aliphatic rings. The van der Waals surface area contributed by atoms with Crippen molar-refractivity contribution >= 4 is 22.5 Å². The summed E-state index contributed by atoms with van der Waals surface area (Å²) in [5.74, 6) is 0.178. The lowest BCUT2D eigenvalue weighted by Crippen LogP contribution is -2.24. The Bertz CT molecular complexity index is 423. The van der Waals surface area contributed by atoms with E-state index >= 15 is 0 Å². The molecule has 0 bridgehead atoms. The van der Waals surface area contributed by atoms with Crippen LogP contribution in [0.15, 0.2) is 0 Å². The molecule has 6 nitrogen and oxygen atoms in total. The predicted molar refractivity (Wildman–Crippen MR) is 69.4 cm³/mol. The van der Waals surface area contributed by atoms with Crippen molar-refractivity contribution in [3.8, 4) is 0 Å². The number of nitrogens with one attached hydrogen (secondary N) is 1. The molecule has 1 N–H and O–H groups in total. The van der Waals surface area contributed by atoms with Crippen molar-refractivity contribution in [2.24, 2.45) is 11.8 Å². The smallest absolute Gasteiger partial charge is 0.310 e. The molecule has 2 atom stereocenters. The van der Waals surface area contributed by atoms with E-state index in [2.05, 4.69) is 26.7 Å². The maximum Gasteiger partial charge on any atom is 0.310 e. The fourth-order valence-corrected chi connectivity index (χ4v) is 2.89. The Kier molecular flexibility index (Phi) is 4.13. The van der Waals surface area contributed by atoms with Gasteiger partial charge in [0.05, 0.1) is 13.0 Å². The summed E-state index contributed by atoms with van der Waals surface area (Å²) in [6.07, 6.45) is 0. The van der Waals surface area contributed by atoms with Gasteiger partial charge in [-0.15, -0.1) is 5.10 Å². The lowest BCUT2D eigenvalue weighted by molar-refractivity contribution is -0.146. The third kappa shape index (κ3) is 2.62. The number of likely N-dealkylation sites (tertiary alicyclic amines) is 1. The highest BCUT2D eigenvalue weighted by Gasteiger charge is 2.35. The van der Waals surface area contributed by atoms with E-state index in [-0.39, 0.29) is 11.9 Å². The number of carbonyl (C=O) groups is 1. The van der Waals surface area contributed by atoms with Gasteiger partial charge in [0.25, 0.3) is 0 Å². The lowest BCUT2D eigenvalue weighted by Gasteiger charge is -2.14. The summed E-state index contributed by atoms with van der Waals surface area (Å²) in [4.78, 5) is 13.8. The molecule has 2 heterocycles. The highest BCUT2D eigenvalue weighted by molar-refractivity contribution is 7.10. The van der Waals surface area contributed by atoms with Crippen molar-refractivity contribution in [1.29, 1.82) is 0 Å². The van der Waals surface area contributed by atoms with Crippen molar-refractivity contribution in [1.82, 2.24) is 14.5 Å². The average Bonchev–Trinajstić information content (AvgIpc) is 2.95. The van der Waals surface area contributed by atoms with Gasteiger partial charge in [-0.05, 0) is 5.92 Å². The molecule has 0 spiro atoms. The maximum absolute atomic E-state index is 11.6. The highest BCUT2D eigenvalue weighted by atomic mass is 32.1. The minimum absolute atomic E-state index is 0.0281. The zero-order valence-corrected chi connectivity index (χ0v) is 11.7. The van der Waals surface area contributed by atoms with Crippen LogP contribution in [0.5, 0.6) is 0 Å². The van der Waals surface area contributed by atoms with Crippen molar-refractivity contribution in [3.05, 3.63) is 5.69 Å². The SMILES string of the molecule is CNc1snnc1CN1CC(C)C(C(=O)OC)C1. The number of nitrogens with zero attached hydrogens (tertiary/aromatic N) is 3. The van der Waals surface area contributed by atoms with E-state index in [1.165, 1.54) is 18.6 Å². The topological polar surface area (TPSA) is 67.4 Å². The molecule has 2 rings (SSSR count). The Hall–Kier alpha value is -1.21. The molecule has 0 amide bonds. The van der Waals surface area contributed by atoms with E-state index in [1.54, 1.807) is 0 Å². The highest BCUT2D eigenvalue weighted by Crippen LogP contribution is 2.27. The maximum atomic E-state index is 11.6. The monoisotopic (exact) mass is 270 g/mol. The Balaban J connectivity index is 1.98. The second-order valence-corrected chi connectivity index (χ2v) is 5.35. The fraction of sp³-hybridized carbons (Fsp3) is 0.727. The van der Waals surface area contributed by atoms with Crippen LogP contribution < -0.4 is 5.32 Å². The van der Waals surface area contributed by atoms with Crippen LogP contribution in [0.2, 0.25) is 0 Å². The van der Waals surface area contributed by atoms with Gasteiger partial charge < -0.3 is 10.1 Å². The van der Waals surface area contributed by atoms with Crippen LogP contribution in [0.3, 0.4) is 0 Å². The molecule has 1 aliphatic heterocycles. The van der Waals surface area contributed by atoms with Gasteiger partial charge >= 0.3 is 5.97 Å². The van der Waals surface area contributed by atoms with Gasteiger partial charge in [-0.2, -0.15) is 0 Å². The van der Waals surface area contributed by atoms with E-state index in [1.807, 2.05) is 7.05 Å². The van der Waals surface area contributed by atoms with Crippen molar-refractivity contribution < 1.29 is 9.53 Å². The van der Waals surface area contributed by atoms with E-state index in [0.717, 1.165) is 30.3 Å².